The van der Waals surface area contributed by atoms with E-state index in [4.69, 9.17) is 14.5 Å². The van der Waals surface area contributed by atoms with Crippen molar-refractivity contribution in [2.75, 3.05) is 40.4 Å². The lowest BCUT2D eigenvalue weighted by Gasteiger charge is -2.41. The van der Waals surface area contributed by atoms with Gasteiger partial charge >= 0.3 is 0 Å². The number of phenolic OH excluding ortho intramolecular Hbond substituents is 1. The molecule has 2 rings (SSSR count). The first-order valence-corrected chi connectivity index (χ1v) is 10.1. The molecule has 0 amide bonds. The number of hydrogen-bond acceptors (Lipinski definition) is 5. The molecule has 0 unspecified atom stereocenters. The van der Waals surface area contributed by atoms with E-state index in [1.54, 1.807) is 12.1 Å². The highest BCUT2D eigenvalue weighted by Gasteiger charge is 2.27. The van der Waals surface area contributed by atoms with Crippen LogP contribution in [0.3, 0.4) is 0 Å². The van der Waals surface area contributed by atoms with Crippen LogP contribution in [0.4, 0.5) is 0 Å². The fourth-order valence-electron chi connectivity index (χ4n) is 3.46. The molecule has 1 aliphatic rings. The number of methoxy groups -OCH3 is 2. The Hall–Kier alpha value is -1.42. The Morgan fingerprint density at radius 2 is 1.69 bits per heavy atom. The van der Waals surface area contributed by atoms with Gasteiger partial charge < -0.3 is 25.2 Å². The van der Waals surface area contributed by atoms with Crippen LogP contribution < -0.4 is 20.1 Å². The molecule has 1 aromatic rings. The predicted octanol–water partition coefficient (Wildman–Crippen LogP) is 3.35. The smallest absolute Gasteiger partial charge is 0.200 e. The summed E-state index contributed by atoms with van der Waals surface area (Å²) in [6.45, 7) is 11.0. The molecule has 29 heavy (non-hydrogen) atoms. The third-order valence-corrected chi connectivity index (χ3v) is 5.20. The minimum atomic E-state index is 0. The number of likely N-dealkylation sites (tertiary alicyclic amines) is 1. The van der Waals surface area contributed by atoms with Crippen molar-refractivity contribution in [3.63, 3.8) is 0 Å². The van der Waals surface area contributed by atoms with E-state index in [0.717, 1.165) is 37.7 Å². The Morgan fingerprint density at radius 3 is 2.21 bits per heavy atom. The minimum absolute atomic E-state index is 0. The van der Waals surface area contributed by atoms with E-state index >= 15 is 0 Å². The average molecular weight is 520 g/mol. The molecule has 8 heteroatoms. The molecular weight excluding hydrogens is 483 g/mol. The fraction of sp³-hybridized carbons (Fsp3) is 0.667. The number of piperidine rings is 1. The Bertz CT molecular complexity index is 636. The average Bonchev–Trinajstić information content (AvgIpc) is 2.71. The van der Waals surface area contributed by atoms with Gasteiger partial charge in [-0.05, 0) is 64.4 Å². The molecule has 0 aliphatic carbocycles. The zero-order chi connectivity index (χ0) is 20.6. The summed E-state index contributed by atoms with van der Waals surface area (Å²) in [5.41, 5.74) is 0.973. The highest BCUT2D eigenvalue weighted by molar-refractivity contribution is 14.0. The number of guanidine groups is 1. The van der Waals surface area contributed by atoms with Crippen molar-refractivity contribution >= 4 is 29.9 Å². The van der Waals surface area contributed by atoms with Crippen molar-refractivity contribution in [2.24, 2.45) is 4.99 Å². The number of nitrogens with one attached hydrogen (secondary N) is 2. The zero-order valence-corrected chi connectivity index (χ0v) is 20.7. The van der Waals surface area contributed by atoms with Gasteiger partial charge in [0.2, 0.25) is 5.75 Å². The van der Waals surface area contributed by atoms with Crippen LogP contribution >= 0.6 is 24.0 Å². The Kier molecular flexibility index (Phi) is 10.9. The molecule has 1 saturated heterocycles. The first kappa shape index (κ1) is 25.6. The van der Waals surface area contributed by atoms with E-state index < -0.39 is 0 Å². The standard InChI is InChI=1S/C21H36N4O3.HI/c1-6-22-20(24-15-21(2,3)25-10-8-7-9-11-25)23-14-16-12-17(27-4)19(26)18(13-16)28-5;/h12-13,26H,6-11,14-15H2,1-5H3,(H2,22,23,24);1H. The number of hydrogen-bond donors (Lipinski definition) is 3. The molecule has 7 nitrogen and oxygen atoms in total. The molecule has 0 saturated carbocycles. The second-order valence-electron chi connectivity index (χ2n) is 7.76. The van der Waals surface area contributed by atoms with Gasteiger partial charge in [-0.2, -0.15) is 0 Å². The van der Waals surface area contributed by atoms with E-state index in [0.29, 0.717) is 18.0 Å². The van der Waals surface area contributed by atoms with Crippen molar-refractivity contribution in [1.82, 2.24) is 15.5 Å². The minimum Gasteiger partial charge on any atom is -0.502 e. The lowest BCUT2D eigenvalue weighted by molar-refractivity contribution is 0.0982. The number of nitrogens with zero attached hydrogens (tertiary/aromatic N) is 2. The summed E-state index contributed by atoms with van der Waals surface area (Å²) in [7, 11) is 3.05. The van der Waals surface area contributed by atoms with Crippen LogP contribution in [0.2, 0.25) is 0 Å². The molecule has 3 N–H and O–H groups in total. The maximum Gasteiger partial charge on any atom is 0.200 e. The molecule has 0 radical (unpaired) electrons. The molecule has 0 bridgehead atoms. The maximum absolute atomic E-state index is 10.1. The molecule has 0 atom stereocenters. The van der Waals surface area contributed by atoms with Gasteiger partial charge in [-0.25, -0.2) is 4.99 Å². The van der Waals surface area contributed by atoms with Crippen molar-refractivity contribution in [2.45, 2.75) is 52.1 Å². The van der Waals surface area contributed by atoms with Crippen LogP contribution in [0, 0.1) is 0 Å². The summed E-state index contributed by atoms with van der Waals surface area (Å²) < 4.78 is 10.5. The molecule has 1 fully saturated rings. The molecule has 0 aromatic heterocycles. The summed E-state index contributed by atoms with van der Waals surface area (Å²) in [6, 6.07) is 3.56. The van der Waals surface area contributed by atoms with Crippen molar-refractivity contribution < 1.29 is 14.6 Å². The highest BCUT2D eigenvalue weighted by Crippen LogP contribution is 2.37. The van der Waals surface area contributed by atoms with Gasteiger partial charge in [0.25, 0.3) is 0 Å². The quantitative estimate of drug-likeness (QED) is 0.277. The molecular formula is C21H37IN4O3. The van der Waals surface area contributed by atoms with Crippen LogP contribution in [0.5, 0.6) is 17.2 Å². The summed E-state index contributed by atoms with van der Waals surface area (Å²) in [5, 5.41) is 16.8. The van der Waals surface area contributed by atoms with Crippen LogP contribution in [0.15, 0.2) is 17.1 Å². The third-order valence-electron chi connectivity index (χ3n) is 5.20. The Balaban J connectivity index is 0.00000420. The van der Waals surface area contributed by atoms with Gasteiger partial charge in [-0.1, -0.05) is 6.42 Å². The first-order chi connectivity index (χ1) is 13.4. The second-order valence-corrected chi connectivity index (χ2v) is 7.76. The van der Waals surface area contributed by atoms with E-state index in [2.05, 4.69) is 36.3 Å². The number of aliphatic imine (C=N–C) groups is 1. The fourth-order valence-corrected chi connectivity index (χ4v) is 3.46. The van der Waals surface area contributed by atoms with Gasteiger partial charge in [-0.15, -0.1) is 24.0 Å². The molecule has 166 valence electrons. The molecule has 1 heterocycles. The summed E-state index contributed by atoms with van der Waals surface area (Å²) in [5.74, 6) is 1.55. The number of halogens is 1. The van der Waals surface area contributed by atoms with Crippen molar-refractivity contribution in [1.29, 1.82) is 0 Å². The van der Waals surface area contributed by atoms with Gasteiger partial charge in [0.1, 0.15) is 0 Å². The van der Waals surface area contributed by atoms with Crippen molar-refractivity contribution in [3.8, 4) is 17.2 Å². The zero-order valence-electron chi connectivity index (χ0n) is 18.4. The van der Waals surface area contributed by atoms with Crippen molar-refractivity contribution in [3.05, 3.63) is 17.7 Å². The largest absolute Gasteiger partial charge is 0.502 e. The number of benzene rings is 1. The maximum atomic E-state index is 10.1. The van der Waals surface area contributed by atoms with E-state index in [9.17, 15) is 5.11 Å². The molecule has 0 spiro atoms. The topological polar surface area (TPSA) is 78.4 Å². The monoisotopic (exact) mass is 520 g/mol. The van der Waals surface area contributed by atoms with Crippen LogP contribution in [-0.2, 0) is 6.54 Å². The predicted molar refractivity (Wildman–Crippen MR) is 129 cm³/mol. The number of phenols is 1. The van der Waals surface area contributed by atoms with E-state index in [1.807, 2.05) is 0 Å². The lowest BCUT2D eigenvalue weighted by Crippen LogP contribution is -2.54. The van der Waals surface area contributed by atoms with Crippen LogP contribution in [-0.4, -0.2) is 61.9 Å². The second kappa shape index (κ2) is 12.3. The van der Waals surface area contributed by atoms with Crippen LogP contribution in [0.1, 0.15) is 45.6 Å². The van der Waals surface area contributed by atoms with Gasteiger partial charge in [0.15, 0.2) is 17.5 Å². The molecule has 1 aromatic carbocycles. The number of ether oxygens (including phenoxy) is 2. The van der Waals surface area contributed by atoms with E-state index in [-0.39, 0.29) is 35.3 Å². The first-order valence-electron chi connectivity index (χ1n) is 10.1. The van der Waals surface area contributed by atoms with Gasteiger partial charge in [0.05, 0.1) is 20.8 Å². The summed E-state index contributed by atoms with van der Waals surface area (Å²) >= 11 is 0. The van der Waals surface area contributed by atoms with Gasteiger partial charge in [-0.3, -0.25) is 4.90 Å². The Morgan fingerprint density at radius 1 is 1.10 bits per heavy atom. The number of rotatable bonds is 8. The van der Waals surface area contributed by atoms with E-state index in [1.165, 1.54) is 33.5 Å². The summed E-state index contributed by atoms with van der Waals surface area (Å²) in [4.78, 5) is 7.25. The number of aromatic hydroxyl groups is 1. The lowest BCUT2D eigenvalue weighted by atomic mass is 9.98. The summed E-state index contributed by atoms with van der Waals surface area (Å²) in [6.07, 6.45) is 3.90. The van der Waals surface area contributed by atoms with Gasteiger partial charge in [0, 0.05) is 18.6 Å². The third kappa shape index (κ3) is 7.40. The normalized spacial score (nSPS) is 15.4. The molecule has 1 aliphatic heterocycles. The highest BCUT2D eigenvalue weighted by atomic mass is 127. The SMILES string of the molecule is CCNC(=NCc1cc(OC)c(O)c(OC)c1)NCC(C)(C)N1CCCCC1.I. The van der Waals surface area contributed by atoms with Crippen LogP contribution in [0.25, 0.3) is 0 Å². The Labute approximate surface area is 192 Å².